The van der Waals surface area contributed by atoms with Crippen LogP contribution in [0.15, 0.2) is 30.6 Å². The number of benzene rings is 1. The molecule has 0 atom stereocenters. The molecule has 0 bridgehead atoms. The molecule has 1 fully saturated rings. The average molecular weight is 323 g/mol. The summed E-state index contributed by atoms with van der Waals surface area (Å²) in [6, 6.07) is 8.12. The van der Waals surface area contributed by atoms with Gasteiger partial charge in [0.15, 0.2) is 0 Å². The third kappa shape index (κ3) is 2.49. The molecule has 0 radical (unpaired) electrons. The number of hydrogen-bond donors (Lipinski definition) is 1. The van der Waals surface area contributed by atoms with Crippen molar-refractivity contribution >= 4 is 28.2 Å². The predicted octanol–water partition coefficient (Wildman–Crippen LogP) is 3.74. The highest BCUT2D eigenvalue weighted by Crippen LogP contribution is 2.34. The molecule has 0 amide bonds. The average Bonchev–Trinajstić information content (AvgIpc) is 3.11. The van der Waals surface area contributed by atoms with E-state index in [0.29, 0.717) is 10.6 Å². The zero-order valence-electron chi connectivity index (χ0n) is 12.2. The van der Waals surface area contributed by atoms with E-state index >= 15 is 0 Å². The zero-order chi connectivity index (χ0) is 16.0. The van der Waals surface area contributed by atoms with Crippen molar-refractivity contribution in [3.05, 3.63) is 41.0 Å². The third-order valence-electron chi connectivity index (χ3n) is 4.12. The van der Waals surface area contributed by atoms with Crippen molar-refractivity contribution in [3.63, 3.8) is 0 Å². The number of aromatic nitrogens is 2. The summed E-state index contributed by atoms with van der Waals surface area (Å²) in [5.41, 5.74) is 2.54. The summed E-state index contributed by atoms with van der Waals surface area (Å²) in [6.07, 6.45) is 5.81. The van der Waals surface area contributed by atoms with Gasteiger partial charge in [-0.2, -0.15) is 5.26 Å². The Morgan fingerprint density at radius 3 is 2.96 bits per heavy atom. The second kappa shape index (κ2) is 5.21. The van der Waals surface area contributed by atoms with Gasteiger partial charge in [0.25, 0.3) is 0 Å². The van der Waals surface area contributed by atoms with E-state index in [1.807, 2.05) is 24.4 Å². The number of fused-ring (bicyclic) bond motifs is 1. The minimum Gasteiger partial charge on any atom is -0.477 e. The van der Waals surface area contributed by atoms with E-state index in [4.69, 9.17) is 5.11 Å². The fourth-order valence-electron chi connectivity index (χ4n) is 2.76. The lowest BCUT2D eigenvalue weighted by Crippen LogP contribution is -1.97. The number of nitriles is 1. The van der Waals surface area contributed by atoms with E-state index in [9.17, 15) is 10.1 Å². The first-order valence-corrected chi connectivity index (χ1v) is 8.20. The summed E-state index contributed by atoms with van der Waals surface area (Å²) in [4.78, 5) is 15.4. The van der Waals surface area contributed by atoms with Crippen molar-refractivity contribution in [1.82, 2.24) is 9.55 Å². The van der Waals surface area contributed by atoms with E-state index < -0.39 is 5.97 Å². The Kier molecular flexibility index (Phi) is 3.17. The van der Waals surface area contributed by atoms with E-state index in [0.717, 1.165) is 40.3 Å². The van der Waals surface area contributed by atoms with Crippen LogP contribution in [-0.4, -0.2) is 20.6 Å². The van der Waals surface area contributed by atoms with E-state index in [1.54, 1.807) is 0 Å². The number of carboxylic acid groups (broad SMARTS) is 1. The zero-order valence-corrected chi connectivity index (χ0v) is 13.0. The van der Waals surface area contributed by atoms with Crippen LogP contribution in [0.25, 0.3) is 21.5 Å². The minimum atomic E-state index is -0.969. The van der Waals surface area contributed by atoms with Gasteiger partial charge < -0.3 is 9.67 Å². The summed E-state index contributed by atoms with van der Waals surface area (Å²) in [5.74, 6) is -0.239. The van der Waals surface area contributed by atoms with Crippen LogP contribution in [-0.2, 0) is 6.54 Å². The van der Waals surface area contributed by atoms with Crippen LogP contribution in [0.5, 0.6) is 0 Å². The van der Waals surface area contributed by atoms with E-state index in [2.05, 4.69) is 15.6 Å². The van der Waals surface area contributed by atoms with Crippen LogP contribution in [0.4, 0.5) is 0 Å². The maximum Gasteiger partial charge on any atom is 0.347 e. The molecule has 2 aromatic heterocycles. The SMILES string of the molecule is N#Cc1cn(CC2CC2)c2ccc(-c3ncc(C(=O)O)s3)cc12. The van der Waals surface area contributed by atoms with Gasteiger partial charge in [0.05, 0.1) is 11.8 Å². The monoisotopic (exact) mass is 323 g/mol. The van der Waals surface area contributed by atoms with Crippen LogP contribution in [0.2, 0.25) is 0 Å². The number of hydrogen-bond acceptors (Lipinski definition) is 4. The van der Waals surface area contributed by atoms with E-state index in [1.165, 1.54) is 19.0 Å². The fourth-order valence-corrected chi connectivity index (χ4v) is 3.51. The van der Waals surface area contributed by atoms with Crippen molar-refractivity contribution in [1.29, 1.82) is 5.26 Å². The smallest absolute Gasteiger partial charge is 0.347 e. The molecule has 1 aliphatic carbocycles. The first kappa shape index (κ1) is 14.0. The molecule has 5 nitrogen and oxygen atoms in total. The second-order valence-electron chi connectivity index (χ2n) is 5.82. The maximum absolute atomic E-state index is 11.0. The highest BCUT2D eigenvalue weighted by Gasteiger charge is 2.23. The van der Waals surface area contributed by atoms with Gasteiger partial charge in [0.2, 0.25) is 0 Å². The molecule has 2 heterocycles. The van der Waals surface area contributed by atoms with Crippen LogP contribution >= 0.6 is 11.3 Å². The Morgan fingerprint density at radius 1 is 1.48 bits per heavy atom. The molecule has 0 spiro atoms. The minimum absolute atomic E-state index is 0.215. The van der Waals surface area contributed by atoms with Crippen LogP contribution in [0.3, 0.4) is 0 Å². The molecule has 1 aromatic carbocycles. The molecule has 0 aliphatic heterocycles. The summed E-state index contributed by atoms with van der Waals surface area (Å²) in [5, 5.41) is 20.0. The Labute approximate surface area is 136 Å². The van der Waals surface area contributed by atoms with Gasteiger partial charge in [0, 0.05) is 29.2 Å². The van der Waals surface area contributed by atoms with Gasteiger partial charge in [0.1, 0.15) is 16.0 Å². The quantitative estimate of drug-likeness (QED) is 0.793. The molecular weight excluding hydrogens is 310 g/mol. The lowest BCUT2D eigenvalue weighted by atomic mass is 10.1. The molecule has 0 unspecified atom stereocenters. The maximum atomic E-state index is 11.0. The van der Waals surface area contributed by atoms with Crippen LogP contribution in [0, 0.1) is 17.2 Å². The van der Waals surface area contributed by atoms with E-state index in [-0.39, 0.29) is 4.88 Å². The summed E-state index contributed by atoms with van der Waals surface area (Å²) in [7, 11) is 0. The Bertz CT molecular complexity index is 960. The van der Waals surface area contributed by atoms with Crippen molar-refractivity contribution in [2.75, 3.05) is 0 Å². The molecular formula is C17H13N3O2S. The first-order valence-electron chi connectivity index (χ1n) is 7.38. The van der Waals surface area contributed by atoms with Crippen LogP contribution < -0.4 is 0 Å². The molecule has 4 rings (SSSR count). The standard InChI is InChI=1S/C17H13N3O2S/c18-6-12-9-20(8-10-1-2-10)14-4-3-11(5-13(12)14)16-19-7-15(23-16)17(21)22/h3-5,7,9-10H,1-2,8H2,(H,21,22). The number of aromatic carboxylic acids is 1. The van der Waals surface area contributed by atoms with Gasteiger partial charge in [-0.3, -0.25) is 0 Å². The van der Waals surface area contributed by atoms with Crippen molar-refractivity contribution in [3.8, 4) is 16.6 Å². The van der Waals surface area contributed by atoms with Crippen molar-refractivity contribution in [2.24, 2.45) is 5.92 Å². The topological polar surface area (TPSA) is 78.9 Å². The number of thiazole rings is 1. The predicted molar refractivity (Wildman–Crippen MR) is 87.4 cm³/mol. The molecule has 6 heteroatoms. The molecule has 3 aromatic rings. The molecule has 0 saturated heterocycles. The Hall–Kier alpha value is -2.65. The summed E-state index contributed by atoms with van der Waals surface area (Å²) >= 11 is 1.14. The normalized spacial score (nSPS) is 14.0. The molecule has 1 N–H and O–H groups in total. The summed E-state index contributed by atoms with van der Waals surface area (Å²) < 4.78 is 2.15. The van der Waals surface area contributed by atoms with Crippen molar-refractivity contribution in [2.45, 2.75) is 19.4 Å². The second-order valence-corrected chi connectivity index (χ2v) is 6.85. The number of nitrogens with zero attached hydrogens (tertiary/aromatic N) is 3. The Balaban J connectivity index is 1.80. The molecule has 1 saturated carbocycles. The van der Waals surface area contributed by atoms with Gasteiger partial charge in [-0.05, 0) is 37.0 Å². The highest BCUT2D eigenvalue weighted by atomic mass is 32.1. The Morgan fingerprint density at radius 2 is 2.30 bits per heavy atom. The lowest BCUT2D eigenvalue weighted by Gasteiger charge is -2.04. The fraction of sp³-hybridized carbons (Fsp3) is 0.235. The van der Waals surface area contributed by atoms with Gasteiger partial charge in [-0.15, -0.1) is 11.3 Å². The number of carbonyl (C=O) groups is 1. The molecule has 114 valence electrons. The first-order chi connectivity index (χ1) is 11.2. The lowest BCUT2D eigenvalue weighted by molar-refractivity contribution is 0.0702. The van der Waals surface area contributed by atoms with Gasteiger partial charge >= 0.3 is 5.97 Å². The van der Waals surface area contributed by atoms with Gasteiger partial charge in [-0.25, -0.2) is 9.78 Å². The largest absolute Gasteiger partial charge is 0.477 e. The molecule has 23 heavy (non-hydrogen) atoms. The molecule has 1 aliphatic rings. The van der Waals surface area contributed by atoms with Gasteiger partial charge in [-0.1, -0.05) is 0 Å². The number of carboxylic acids is 1. The number of rotatable bonds is 4. The van der Waals surface area contributed by atoms with Crippen molar-refractivity contribution < 1.29 is 9.90 Å². The summed E-state index contributed by atoms with van der Waals surface area (Å²) in [6.45, 7) is 0.956. The third-order valence-corrected chi connectivity index (χ3v) is 5.15. The van der Waals surface area contributed by atoms with Crippen LogP contribution in [0.1, 0.15) is 28.1 Å². The highest BCUT2D eigenvalue weighted by molar-refractivity contribution is 7.16.